The predicted octanol–water partition coefficient (Wildman–Crippen LogP) is 5.94. The van der Waals surface area contributed by atoms with E-state index < -0.39 is 12.1 Å². The first-order valence-electron chi connectivity index (χ1n) is 14.5. The summed E-state index contributed by atoms with van der Waals surface area (Å²) < 4.78 is 31.7. The maximum atomic E-state index is 13.2. The summed E-state index contributed by atoms with van der Waals surface area (Å²) in [6.45, 7) is 0.627. The number of amides is 1. The zero-order valence-electron chi connectivity index (χ0n) is 24.7. The summed E-state index contributed by atoms with van der Waals surface area (Å²) in [5, 5.41) is 14.9. The lowest BCUT2D eigenvalue weighted by molar-refractivity contribution is -0.192. The van der Waals surface area contributed by atoms with Crippen molar-refractivity contribution >= 4 is 40.3 Å². The maximum absolute atomic E-state index is 13.2. The number of nitrogens with one attached hydrogen (secondary N) is 2. The van der Waals surface area contributed by atoms with Crippen LogP contribution in [0.15, 0.2) is 66.7 Å². The van der Waals surface area contributed by atoms with Crippen LogP contribution in [0.5, 0.6) is 0 Å². The highest BCUT2D eigenvalue weighted by atomic mass is 19.4. The van der Waals surface area contributed by atoms with Crippen LogP contribution in [-0.4, -0.2) is 65.6 Å². The second kappa shape index (κ2) is 12.9. The monoisotopic (exact) mass is 619 g/mol. The van der Waals surface area contributed by atoms with Crippen LogP contribution in [0.2, 0.25) is 0 Å². The van der Waals surface area contributed by atoms with Gasteiger partial charge in [0.2, 0.25) is 5.95 Å². The second-order valence-corrected chi connectivity index (χ2v) is 11.3. The van der Waals surface area contributed by atoms with Gasteiger partial charge in [0.1, 0.15) is 5.82 Å². The minimum Gasteiger partial charge on any atom is -0.475 e. The van der Waals surface area contributed by atoms with Crippen LogP contribution in [0.3, 0.4) is 0 Å². The molecule has 2 aliphatic carbocycles. The van der Waals surface area contributed by atoms with Crippen LogP contribution in [-0.2, 0) is 4.79 Å². The average Bonchev–Trinajstić information content (AvgIpc) is 3.32. The summed E-state index contributed by atoms with van der Waals surface area (Å²) in [7, 11) is 4.00. The zero-order valence-corrected chi connectivity index (χ0v) is 24.7. The Morgan fingerprint density at radius 1 is 0.889 bits per heavy atom. The maximum Gasteiger partial charge on any atom is 0.490 e. The molecule has 1 fully saturated rings. The number of anilines is 2. The minimum absolute atomic E-state index is 0.0100. The summed E-state index contributed by atoms with van der Waals surface area (Å²) in [6.07, 6.45) is -1.06. The summed E-state index contributed by atoms with van der Waals surface area (Å²) in [5.74, 6) is -0.898. The van der Waals surface area contributed by atoms with E-state index in [1.54, 1.807) is 6.07 Å². The van der Waals surface area contributed by atoms with Crippen molar-refractivity contribution in [1.29, 1.82) is 0 Å². The number of carboxylic acids is 1. The fraction of sp³-hybridized carbons (Fsp3) is 0.303. The van der Waals surface area contributed by atoms with Crippen LogP contribution < -0.4 is 15.5 Å². The Kier molecular flexibility index (Phi) is 9.03. The van der Waals surface area contributed by atoms with E-state index in [0.717, 1.165) is 53.5 Å². The highest BCUT2D eigenvalue weighted by Crippen LogP contribution is 2.39. The third kappa shape index (κ3) is 6.89. The number of aromatic nitrogens is 2. The summed E-state index contributed by atoms with van der Waals surface area (Å²) in [5.41, 5.74) is 4.38. The topological polar surface area (TPSA) is 125 Å². The molecule has 3 aromatic carbocycles. The Labute approximate surface area is 257 Å². The third-order valence-electron chi connectivity index (χ3n) is 7.98. The molecule has 0 atom stereocenters. The van der Waals surface area contributed by atoms with Crippen molar-refractivity contribution < 1.29 is 32.7 Å². The number of hydrogen-bond donors (Lipinski definition) is 3. The van der Waals surface area contributed by atoms with Gasteiger partial charge in [0.15, 0.2) is 5.78 Å². The number of carbonyl (C=O) groups is 3. The molecule has 9 nitrogen and oxygen atoms in total. The zero-order chi connectivity index (χ0) is 32.3. The van der Waals surface area contributed by atoms with E-state index in [1.807, 2.05) is 79.7 Å². The fourth-order valence-electron chi connectivity index (χ4n) is 5.76. The molecule has 4 aromatic rings. The number of aliphatic carboxylic acids is 1. The van der Waals surface area contributed by atoms with Crippen LogP contribution in [0.25, 0.3) is 22.0 Å². The Morgan fingerprint density at radius 2 is 1.51 bits per heavy atom. The molecule has 6 rings (SSSR count). The molecule has 0 saturated heterocycles. The smallest absolute Gasteiger partial charge is 0.475 e. The largest absolute Gasteiger partial charge is 0.490 e. The molecule has 0 aliphatic heterocycles. The molecule has 1 saturated carbocycles. The molecule has 12 heteroatoms. The van der Waals surface area contributed by atoms with Crippen molar-refractivity contribution in [1.82, 2.24) is 15.3 Å². The van der Waals surface area contributed by atoms with Gasteiger partial charge in [-0.15, -0.1) is 0 Å². The molecule has 1 aromatic heterocycles. The second-order valence-electron chi connectivity index (χ2n) is 11.3. The van der Waals surface area contributed by atoms with Gasteiger partial charge < -0.3 is 20.6 Å². The molecule has 1 heterocycles. The Bertz CT molecular complexity index is 1750. The average molecular weight is 620 g/mol. The van der Waals surface area contributed by atoms with Crippen molar-refractivity contribution in [2.75, 3.05) is 30.9 Å². The van der Waals surface area contributed by atoms with Gasteiger partial charge in [0.25, 0.3) is 5.91 Å². The van der Waals surface area contributed by atoms with Crippen molar-refractivity contribution in [2.24, 2.45) is 5.92 Å². The van der Waals surface area contributed by atoms with E-state index in [1.165, 1.54) is 0 Å². The van der Waals surface area contributed by atoms with Gasteiger partial charge in [-0.25, -0.2) is 9.78 Å². The van der Waals surface area contributed by atoms with E-state index in [2.05, 4.69) is 10.6 Å². The van der Waals surface area contributed by atoms with Gasteiger partial charge in [0, 0.05) is 54.3 Å². The van der Waals surface area contributed by atoms with Gasteiger partial charge in [-0.2, -0.15) is 18.2 Å². The quantitative estimate of drug-likeness (QED) is 0.213. The Hall–Kier alpha value is -5.00. The number of halogens is 3. The first-order valence-corrected chi connectivity index (χ1v) is 14.5. The lowest BCUT2D eigenvalue weighted by atomic mass is 9.86. The molecule has 234 valence electrons. The lowest BCUT2D eigenvalue weighted by Crippen LogP contribution is -2.34. The molecule has 0 spiro atoms. The number of benzene rings is 3. The van der Waals surface area contributed by atoms with Crippen LogP contribution in [0, 0.1) is 5.92 Å². The van der Waals surface area contributed by atoms with Crippen LogP contribution in [0.1, 0.15) is 52.0 Å². The van der Waals surface area contributed by atoms with Crippen molar-refractivity contribution in [3.8, 4) is 11.1 Å². The number of rotatable bonds is 6. The Morgan fingerprint density at radius 3 is 2.18 bits per heavy atom. The number of fused-ring (bicyclic) bond motifs is 4. The summed E-state index contributed by atoms with van der Waals surface area (Å²) in [4.78, 5) is 46.4. The van der Waals surface area contributed by atoms with Crippen molar-refractivity contribution in [3.05, 3.63) is 83.4 Å². The number of nitrogens with zero attached hydrogens (tertiary/aromatic N) is 3. The normalized spacial score (nSPS) is 17.0. The number of ketones is 1. The van der Waals surface area contributed by atoms with Gasteiger partial charge >= 0.3 is 12.1 Å². The molecule has 45 heavy (non-hydrogen) atoms. The molecular weight excluding hydrogens is 587 g/mol. The highest BCUT2D eigenvalue weighted by Gasteiger charge is 2.38. The van der Waals surface area contributed by atoms with Gasteiger partial charge in [0.05, 0.1) is 5.52 Å². The molecular formula is C33H32F3N5O4. The standard InChI is InChI=1S/C31H31N5O2.C2HF3O2/c1-36(2)29-23-10-5-6-13-26(23)34-31(35-29)33-20-16-14-19(15-17-20)18-32-30(38)25-12-7-11-24-27(25)21-8-3-4-9-22(21)28(24)37;3-2(4,5)1(6)7/h3-13,19-20H,14-18H2,1-2H3,(H,32,38)(H,33,34,35);(H,6,7). The SMILES string of the molecule is CN(C)c1nc(NC2CCC(CNC(=O)c3cccc4c3-c3ccccc3C4=O)CC2)nc2ccccc12.O=C(O)C(F)(F)F. The van der Waals surface area contributed by atoms with Crippen molar-refractivity contribution in [3.63, 3.8) is 0 Å². The number of carbonyl (C=O) groups excluding carboxylic acids is 2. The highest BCUT2D eigenvalue weighted by molar-refractivity contribution is 6.24. The molecule has 2 aliphatic rings. The van der Waals surface area contributed by atoms with Crippen LogP contribution >= 0.6 is 0 Å². The number of carboxylic acid groups (broad SMARTS) is 1. The van der Waals surface area contributed by atoms with Gasteiger partial charge in [-0.05, 0) is 55.4 Å². The third-order valence-corrected chi connectivity index (χ3v) is 7.98. The summed E-state index contributed by atoms with van der Waals surface area (Å²) >= 11 is 0. The molecule has 0 unspecified atom stereocenters. The van der Waals surface area contributed by atoms with E-state index in [4.69, 9.17) is 19.9 Å². The first-order chi connectivity index (χ1) is 21.4. The van der Waals surface area contributed by atoms with Gasteiger partial charge in [-0.1, -0.05) is 48.5 Å². The number of alkyl halides is 3. The Balaban J connectivity index is 0.000000515. The van der Waals surface area contributed by atoms with Crippen LogP contribution in [0.4, 0.5) is 24.9 Å². The molecule has 1 amide bonds. The fourth-order valence-corrected chi connectivity index (χ4v) is 5.76. The van der Waals surface area contributed by atoms with E-state index in [-0.39, 0.29) is 11.7 Å². The van der Waals surface area contributed by atoms with E-state index in [0.29, 0.717) is 41.1 Å². The number of hydrogen-bond acceptors (Lipinski definition) is 7. The summed E-state index contributed by atoms with van der Waals surface area (Å²) in [6, 6.07) is 21.3. The first kappa shape index (κ1) is 31.4. The predicted molar refractivity (Wildman–Crippen MR) is 165 cm³/mol. The lowest BCUT2D eigenvalue weighted by Gasteiger charge is -2.29. The minimum atomic E-state index is -5.08. The van der Waals surface area contributed by atoms with Crippen molar-refractivity contribution in [2.45, 2.75) is 37.9 Å². The van der Waals surface area contributed by atoms with E-state index in [9.17, 15) is 22.8 Å². The van der Waals surface area contributed by atoms with E-state index >= 15 is 0 Å². The molecule has 0 radical (unpaired) electrons. The molecule has 0 bridgehead atoms. The van der Waals surface area contributed by atoms with Gasteiger partial charge in [-0.3, -0.25) is 9.59 Å². The molecule has 3 N–H and O–H groups in total. The number of para-hydroxylation sites is 1.